The van der Waals surface area contributed by atoms with E-state index in [0.29, 0.717) is 30.9 Å². The molecule has 12 nitrogen and oxygen atoms in total. The molecule has 198 valence electrons. The van der Waals surface area contributed by atoms with Gasteiger partial charge in [0.2, 0.25) is 0 Å². The average Bonchev–Trinajstić information content (AvgIpc) is 2.96. The van der Waals surface area contributed by atoms with Crippen molar-refractivity contribution in [3.63, 3.8) is 0 Å². The van der Waals surface area contributed by atoms with Gasteiger partial charge in [-0.3, -0.25) is 9.59 Å². The van der Waals surface area contributed by atoms with E-state index in [2.05, 4.69) is 40.0 Å². The molecule has 0 aromatic rings. The van der Waals surface area contributed by atoms with Crippen LogP contribution in [-0.4, -0.2) is 129 Å². The predicted molar refractivity (Wildman–Crippen MR) is 129 cm³/mol. The standard InChI is InChI=1S/C22H47N8O4/c1-5-7-25-30(19-11-24-10-15-28(18-20-30)34-22(4)32)29(12-6-2)26-13-8-23-9-14-27(17-16-26)33-21(3)31/h23-25H,5-20H2,1-4H3/q+1. The molecule has 0 amide bonds. The van der Waals surface area contributed by atoms with E-state index in [4.69, 9.17) is 9.68 Å². The van der Waals surface area contributed by atoms with Crippen molar-refractivity contribution >= 4 is 11.9 Å². The molecule has 1 atom stereocenters. The lowest BCUT2D eigenvalue weighted by molar-refractivity contribution is -1.09. The number of hydrogen-bond donors (Lipinski definition) is 3. The Morgan fingerprint density at radius 2 is 1.44 bits per heavy atom. The Balaban J connectivity index is 2.30. The largest absolute Gasteiger partial charge is 0.368 e. The quantitative estimate of drug-likeness (QED) is 0.361. The first-order valence-corrected chi connectivity index (χ1v) is 12.8. The lowest BCUT2D eigenvalue weighted by Gasteiger charge is -2.49. The van der Waals surface area contributed by atoms with Crippen molar-refractivity contribution in [1.29, 1.82) is 0 Å². The third-order valence-electron chi connectivity index (χ3n) is 5.97. The highest BCUT2D eigenvalue weighted by Gasteiger charge is 2.40. The molecule has 2 rings (SSSR count). The molecule has 2 fully saturated rings. The summed E-state index contributed by atoms with van der Waals surface area (Å²) < 4.78 is 0.569. The van der Waals surface area contributed by atoms with Gasteiger partial charge in [-0.25, -0.2) is 0 Å². The summed E-state index contributed by atoms with van der Waals surface area (Å²) in [5.74, 6) is -0.582. The Hall–Kier alpha value is -1.38. The molecule has 0 aromatic carbocycles. The van der Waals surface area contributed by atoms with E-state index in [0.717, 1.165) is 78.3 Å². The summed E-state index contributed by atoms with van der Waals surface area (Å²) in [6.07, 6.45) is 2.01. The highest BCUT2D eigenvalue weighted by atomic mass is 16.7. The van der Waals surface area contributed by atoms with Crippen molar-refractivity contribution in [2.24, 2.45) is 0 Å². The van der Waals surface area contributed by atoms with E-state index >= 15 is 0 Å². The second-order valence-electron chi connectivity index (χ2n) is 8.85. The third-order valence-corrected chi connectivity index (χ3v) is 5.97. The van der Waals surface area contributed by atoms with Crippen molar-refractivity contribution < 1.29 is 24.0 Å². The fourth-order valence-corrected chi connectivity index (χ4v) is 4.42. The number of rotatable bonds is 9. The van der Waals surface area contributed by atoms with Crippen LogP contribution < -0.4 is 16.1 Å². The molecule has 2 saturated heterocycles. The highest BCUT2D eigenvalue weighted by Crippen LogP contribution is 2.16. The van der Waals surface area contributed by atoms with Crippen molar-refractivity contribution in [1.82, 2.24) is 36.3 Å². The maximum absolute atomic E-state index is 11.7. The van der Waals surface area contributed by atoms with Gasteiger partial charge in [-0.05, 0) is 12.8 Å². The molecule has 0 aliphatic carbocycles. The number of nitrogens with zero attached hydrogens (tertiary/aromatic N) is 5. The maximum Gasteiger partial charge on any atom is 0.322 e. The minimum Gasteiger partial charge on any atom is -0.368 e. The molecule has 0 bridgehead atoms. The summed E-state index contributed by atoms with van der Waals surface area (Å²) >= 11 is 0. The minimum atomic E-state index is -0.291. The Morgan fingerprint density at radius 1 is 0.824 bits per heavy atom. The Morgan fingerprint density at radius 3 is 2.06 bits per heavy atom. The van der Waals surface area contributed by atoms with Crippen molar-refractivity contribution in [2.75, 3.05) is 91.6 Å². The molecule has 2 heterocycles. The lowest BCUT2D eigenvalue weighted by Crippen LogP contribution is -2.75. The van der Waals surface area contributed by atoms with E-state index in [1.54, 1.807) is 10.1 Å². The SMILES string of the molecule is CCCN[N+]1(N(CCC)N2CCNCCN(OC(C)=O)CC2)CCNCCN(OC(C)=O)CC1. The topological polar surface area (TPSA) is 102 Å². The van der Waals surface area contributed by atoms with Crippen LogP contribution in [0.3, 0.4) is 0 Å². The van der Waals surface area contributed by atoms with Crippen LogP contribution in [0, 0.1) is 0 Å². The van der Waals surface area contributed by atoms with Gasteiger partial charge in [-0.1, -0.05) is 19.0 Å². The summed E-state index contributed by atoms with van der Waals surface area (Å²) in [6, 6.07) is 0. The van der Waals surface area contributed by atoms with E-state index < -0.39 is 0 Å². The maximum atomic E-state index is 11.7. The van der Waals surface area contributed by atoms with Gasteiger partial charge in [-0.2, -0.15) is 9.71 Å². The van der Waals surface area contributed by atoms with Gasteiger partial charge in [0.25, 0.3) is 0 Å². The average molecular weight is 488 g/mol. The van der Waals surface area contributed by atoms with Crippen LogP contribution in [0.4, 0.5) is 0 Å². The van der Waals surface area contributed by atoms with Crippen molar-refractivity contribution in [3.05, 3.63) is 0 Å². The Kier molecular flexibility index (Phi) is 13.2. The van der Waals surface area contributed by atoms with Crippen LogP contribution >= 0.6 is 0 Å². The second-order valence-corrected chi connectivity index (χ2v) is 8.85. The molecule has 12 heteroatoms. The molecular formula is C22H47N8O4+. The molecule has 2 aliphatic rings. The Bertz CT molecular complexity index is 613. The number of nitrogens with one attached hydrogen (secondary N) is 3. The van der Waals surface area contributed by atoms with Crippen molar-refractivity contribution in [3.8, 4) is 0 Å². The summed E-state index contributed by atoms with van der Waals surface area (Å²) in [5.41, 5.74) is 3.83. The molecular weight excluding hydrogens is 440 g/mol. The molecule has 1 unspecified atom stereocenters. The molecule has 0 spiro atoms. The minimum absolute atomic E-state index is 0.291. The summed E-state index contributed by atoms with van der Waals surface area (Å²) in [4.78, 5) is 34.1. The summed E-state index contributed by atoms with van der Waals surface area (Å²) in [6.45, 7) is 18.0. The third kappa shape index (κ3) is 9.70. The van der Waals surface area contributed by atoms with Gasteiger partial charge in [0.1, 0.15) is 13.1 Å². The molecule has 3 N–H and O–H groups in total. The number of carbonyl (C=O) groups is 2. The van der Waals surface area contributed by atoms with Gasteiger partial charge in [0.05, 0.1) is 13.1 Å². The van der Waals surface area contributed by atoms with Gasteiger partial charge in [-0.15, -0.1) is 15.6 Å². The molecule has 0 saturated carbocycles. The van der Waals surface area contributed by atoms with Crippen molar-refractivity contribution in [2.45, 2.75) is 40.5 Å². The smallest absolute Gasteiger partial charge is 0.322 e. The van der Waals surface area contributed by atoms with Gasteiger partial charge >= 0.3 is 11.9 Å². The Labute approximate surface area is 204 Å². The van der Waals surface area contributed by atoms with Gasteiger partial charge < -0.3 is 20.3 Å². The fourth-order valence-electron chi connectivity index (χ4n) is 4.42. The van der Waals surface area contributed by atoms with E-state index in [1.165, 1.54) is 13.8 Å². The number of hydroxylamine groups is 4. The van der Waals surface area contributed by atoms with Crippen LogP contribution in [0.2, 0.25) is 0 Å². The first kappa shape index (κ1) is 28.9. The number of carbonyl (C=O) groups excluding carboxylic acids is 2. The van der Waals surface area contributed by atoms with Gasteiger partial charge in [0, 0.05) is 79.3 Å². The summed E-state index contributed by atoms with van der Waals surface area (Å²) in [5, 5.41) is 15.3. The first-order chi connectivity index (χ1) is 16.4. The zero-order valence-electron chi connectivity index (χ0n) is 21.7. The fraction of sp³-hybridized carbons (Fsp3) is 0.909. The summed E-state index contributed by atoms with van der Waals surface area (Å²) in [7, 11) is 0. The predicted octanol–water partition coefficient (Wildman–Crippen LogP) is -0.672. The number of hydrogen-bond acceptors (Lipinski definition) is 11. The highest BCUT2D eigenvalue weighted by molar-refractivity contribution is 5.65. The molecule has 0 aromatic heterocycles. The van der Waals surface area contributed by atoms with Crippen LogP contribution in [0.15, 0.2) is 0 Å². The number of hydrazine groups is 1. The van der Waals surface area contributed by atoms with Crippen LogP contribution in [0.1, 0.15) is 40.5 Å². The van der Waals surface area contributed by atoms with Crippen LogP contribution in [0.5, 0.6) is 0 Å². The monoisotopic (exact) mass is 487 g/mol. The van der Waals surface area contributed by atoms with Gasteiger partial charge in [0.15, 0.2) is 0 Å². The van der Waals surface area contributed by atoms with Crippen LogP contribution in [0.25, 0.3) is 0 Å². The van der Waals surface area contributed by atoms with E-state index in [9.17, 15) is 9.59 Å². The number of quaternary nitrogens is 1. The molecule has 34 heavy (non-hydrogen) atoms. The van der Waals surface area contributed by atoms with Crippen LogP contribution in [-0.2, 0) is 19.3 Å². The first-order valence-electron chi connectivity index (χ1n) is 12.8. The van der Waals surface area contributed by atoms with E-state index in [1.807, 2.05) is 0 Å². The molecule has 0 radical (unpaired) electrons. The lowest BCUT2D eigenvalue weighted by atomic mass is 10.4. The zero-order valence-corrected chi connectivity index (χ0v) is 21.7. The zero-order chi connectivity index (χ0) is 24.8. The second kappa shape index (κ2) is 15.6. The normalized spacial score (nSPS) is 24.9. The van der Waals surface area contributed by atoms with E-state index in [-0.39, 0.29) is 11.9 Å². The molecule has 2 aliphatic heterocycles.